The molecule has 1 heterocycles. The first-order chi connectivity index (χ1) is 12.6. The summed E-state index contributed by atoms with van der Waals surface area (Å²) in [4.78, 5) is 38.5. The molecule has 27 heavy (non-hydrogen) atoms. The number of rotatable bonds is 2. The molecule has 0 saturated heterocycles. The smallest absolute Gasteiger partial charge is 0.323 e. The highest BCUT2D eigenvalue weighted by atomic mass is 16.3. The zero-order chi connectivity index (χ0) is 19.9. The van der Waals surface area contributed by atoms with E-state index in [-0.39, 0.29) is 28.8 Å². The molecule has 4 amide bonds. The largest absolute Gasteiger partial charge is 0.506 e. The van der Waals surface area contributed by atoms with Gasteiger partial charge in [0, 0.05) is 11.2 Å². The summed E-state index contributed by atoms with van der Waals surface area (Å²) in [5.74, 6) is -0.780. The molecule has 3 rings (SSSR count). The Hall–Kier alpha value is -3.35. The Morgan fingerprint density at radius 2 is 1.63 bits per heavy atom. The van der Waals surface area contributed by atoms with E-state index in [1.807, 2.05) is 6.92 Å². The molecule has 3 N–H and O–H groups in total. The Morgan fingerprint density at radius 3 is 2.30 bits per heavy atom. The van der Waals surface area contributed by atoms with Crippen molar-refractivity contribution in [1.82, 2.24) is 4.90 Å². The molecule has 0 saturated carbocycles. The SMILES string of the molecule is Cc1ccc(O)c(NC(=O)Nc2ccc3c(c2)C(=O)N(C(C)(C)C)C3=O)c1. The van der Waals surface area contributed by atoms with E-state index < -0.39 is 11.6 Å². The van der Waals surface area contributed by atoms with Crippen LogP contribution in [0.1, 0.15) is 47.1 Å². The van der Waals surface area contributed by atoms with E-state index >= 15 is 0 Å². The lowest BCUT2D eigenvalue weighted by Crippen LogP contribution is -2.45. The number of phenolic OH excluding ortho intramolecular Hbond substituents is 1. The highest BCUT2D eigenvalue weighted by Crippen LogP contribution is 2.31. The van der Waals surface area contributed by atoms with Crippen LogP contribution < -0.4 is 10.6 Å². The standard InChI is InChI=1S/C20H21N3O4/c1-11-5-8-16(24)15(9-11)22-19(27)21-12-6-7-13-14(10-12)18(26)23(17(13)25)20(2,3)4/h5-10,24H,1-4H3,(H2,21,22,27). The minimum absolute atomic E-state index is 0.0497. The van der Waals surface area contributed by atoms with Crippen molar-refractivity contribution in [3.05, 3.63) is 53.1 Å². The number of nitrogens with one attached hydrogen (secondary N) is 2. The first-order valence-corrected chi connectivity index (χ1v) is 8.48. The van der Waals surface area contributed by atoms with Gasteiger partial charge in [0.1, 0.15) is 5.75 Å². The van der Waals surface area contributed by atoms with Crippen LogP contribution in [-0.2, 0) is 0 Å². The summed E-state index contributed by atoms with van der Waals surface area (Å²) in [5, 5.41) is 15.0. The summed E-state index contributed by atoms with van der Waals surface area (Å²) < 4.78 is 0. The van der Waals surface area contributed by atoms with Gasteiger partial charge in [0.15, 0.2) is 0 Å². The Bertz CT molecular complexity index is 960. The van der Waals surface area contributed by atoms with Gasteiger partial charge in [-0.25, -0.2) is 4.79 Å². The molecule has 1 aliphatic rings. The van der Waals surface area contributed by atoms with Gasteiger partial charge >= 0.3 is 6.03 Å². The fraction of sp³-hybridized carbons (Fsp3) is 0.250. The van der Waals surface area contributed by atoms with Crippen LogP contribution in [0.2, 0.25) is 0 Å². The quantitative estimate of drug-likeness (QED) is 0.556. The number of aryl methyl sites for hydroxylation is 1. The van der Waals surface area contributed by atoms with Crippen LogP contribution in [0.25, 0.3) is 0 Å². The Kier molecular flexibility index (Phi) is 4.39. The summed E-state index contributed by atoms with van der Waals surface area (Å²) in [5.41, 5.74) is 1.46. The molecule has 0 atom stereocenters. The predicted molar refractivity (Wildman–Crippen MR) is 102 cm³/mol. The van der Waals surface area contributed by atoms with Crippen molar-refractivity contribution in [1.29, 1.82) is 0 Å². The van der Waals surface area contributed by atoms with Crippen LogP contribution in [0.5, 0.6) is 5.75 Å². The molecule has 0 spiro atoms. The van der Waals surface area contributed by atoms with Gasteiger partial charge in [0.25, 0.3) is 11.8 Å². The summed E-state index contributed by atoms with van der Waals surface area (Å²) in [7, 11) is 0. The zero-order valence-electron chi connectivity index (χ0n) is 15.6. The van der Waals surface area contributed by atoms with Crippen LogP contribution in [-0.4, -0.2) is 33.4 Å². The van der Waals surface area contributed by atoms with Crippen molar-refractivity contribution < 1.29 is 19.5 Å². The lowest BCUT2D eigenvalue weighted by atomic mass is 10.1. The van der Waals surface area contributed by atoms with Gasteiger partial charge < -0.3 is 15.7 Å². The molecule has 2 aromatic carbocycles. The number of anilines is 2. The highest BCUT2D eigenvalue weighted by Gasteiger charge is 2.41. The van der Waals surface area contributed by atoms with E-state index in [2.05, 4.69) is 10.6 Å². The minimum Gasteiger partial charge on any atom is -0.506 e. The van der Waals surface area contributed by atoms with Gasteiger partial charge in [-0.2, -0.15) is 0 Å². The number of aromatic hydroxyl groups is 1. The summed E-state index contributed by atoms with van der Waals surface area (Å²) in [6.07, 6.45) is 0. The van der Waals surface area contributed by atoms with Gasteiger partial charge in [-0.3, -0.25) is 14.5 Å². The first-order valence-electron chi connectivity index (χ1n) is 8.48. The number of carbonyl (C=O) groups is 3. The van der Waals surface area contributed by atoms with Gasteiger partial charge in [-0.05, 0) is 63.6 Å². The fourth-order valence-corrected chi connectivity index (χ4v) is 2.96. The molecule has 140 valence electrons. The number of nitrogens with zero attached hydrogens (tertiary/aromatic N) is 1. The van der Waals surface area contributed by atoms with E-state index in [9.17, 15) is 19.5 Å². The topological polar surface area (TPSA) is 98.7 Å². The average molecular weight is 367 g/mol. The third kappa shape index (κ3) is 3.48. The summed E-state index contributed by atoms with van der Waals surface area (Å²) in [6.45, 7) is 7.20. The van der Waals surface area contributed by atoms with Crippen molar-refractivity contribution in [2.75, 3.05) is 10.6 Å². The van der Waals surface area contributed by atoms with E-state index in [1.54, 1.807) is 39.0 Å². The van der Waals surface area contributed by atoms with Crippen LogP contribution in [0.3, 0.4) is 0 Å². The number of hydrogen-bond donors (Lipinski definition) is 3. The van der Waals surface area contributed by atoms with E-state index in [0.29, 0.717) is 11.3 Å². The van der Waals surface area contributed by atoms with Gasteiger partial charge in [-0.1, -0.05) is 6.07 Å². The highest BCUT2D eigenvalue weighted by molar-refractivity contribution is 6.22. The van der Waals surface area contributed by atoms with Crippen LogP contribution in [0.15, 0.2) is 36.4 Å². The number of amides is 4. The second-order valence-electron chi connectivity index (χ2n) is 7.48. The predicted octanol–water partition coefficient (Wildman–Crippen LogP) is 3.74. The number of imide groups is 1. The van der Waals surface area contributed by atoms with Crippen LogP contribution in [0.4, 0.5) is 16.2 Å². The average Bonchev–Trinajstić information content (AvgIpc) is 2.81. The Balaban J connectivity index is 1.80. The maximum atomic E-state index is 12.6. The molecule has 7 nitrogen and oxygen atoms in total. The van der Waals surface area contributed by atoms with E-state index in [4.69, 9.17) is 0 Å². The molecular formula is C20H21N3O4. The molecule has 0 radical (unpaired) electrons. The number of fused-ring (bicyclic) bond motifs is 1. The summed E-state index contributed by atoms with van der Waals surface area (Å²) in [6, 6.07) is 8.86. The lowest BCUT2D eigenvalue weighted by molar-refractivity contribution is 0.0507. The molecule has 7 heteroatoms. The lowest BCUT2D eigenvalue weighted by Gasteiger charge is -2.29. The normalized spacial score (nSPS) is 13.6. The van der Waals surface area contributed by atoms with Crippen molar-refractivity contribution in [3.8, 4) is 5.75 Å². The number of benzene rings is 2. The maximum Gasteiger partial charge on any atom is 0.323 e. The van der Waals surface area contributed by atoms with Gasteiger partial charge in [0.05, 0.1) is 16.8 Å². The first kappa shape index (κ1) is 18.4. The second-order valence-corrected chi connectivity index (χ2v) is 7.48. The maximum absolute atomic E-state index is 12.6. The third-order valence-corrected chi connectivity index (χ3v) is 4.22. The fourth-order valence-electron chi connectivity index (χ4n) is 2.96. The van der Waals surface area contributed by atoms with Crippen LogP contribution >= 0.6 is 0 Å². The third-order valence-electron chi connectivity index (χ3n) is 4.22. The minimum atomic E-state index is -0.638. The molecule has 0 unspecified atom stereocenters. The molecule has 0 bridgehead atoms. The molecular weight excluding hydrogens is 346 g/mol. The van der Waals surface area contributed by atoms with Crippen LogP contribution in [0, 0.1) is 6.92 Å². The van der Waals surface area contributed by atoms with Crippen molar-refractivity contribution in [2.45, 2.75) is 33.2 Å². The number of carbonyl (C=O) groups excluding carboxylic acids is 3. The summed E-state index contributed by atoms with van der Waals surface area (Å²) >= 11 is 0. The second kappa shape index (κ2) is 6.42. The molecule has 0 aromatic heterocycles. The molecule has 2 aromatic rings. The van der Waals surface area contributed by atoms with Crippen molar-refractivity contribution in [3.63, 3.8) is 0 Å². The van der Waals surface area contributed by atoms with Gasteiger partial charge in [-0.15, -0.1) is 0 Å². The Labute approximate surface area is 157 Å². The van der Waals surface area contributed by atoms with E-state index in [0.717, 1.165) is 5.56 Å². The molecule has 0 aliphatic carbocycles. The Morgan fingerprint density at radius 1 is 0.963 bits per heavy atom. The van der Waals surface area contributed by atoms with Gasteiger partial charge in [0.2, 0.25) is 0 Å². The number of hydrogen-bond acceptors (Lipinski definition) is 4. The monoisotopic (exact) mass is 367 g/mol. The van der Waals surface area contributed by atoms with Crippen molar-refractivity contribution in [2.24, 2.45) is 0 Å². The number of urea groups is 1. The number of phenols is 1. The molecule has 0 fully saturated rings. The zero-order valence-corrected chi connectivity index (χ0v) is 15.6. The van der Waals surface area contributed by atoms with Crippen molar-refractivity contribution >= 4 is 29.2 Å². The molecule has 1 aliphatic heterocycles. The van der Waals surface area contributed by atoms with E-state index in [1.165, 1.54) is 23.1 Å².